The molecule has 1 aliphatic rings. The van der Waals surface area contributed by atoms with Crippen molar-refractivity contribution in [1.82, 2.24) is 15.8 Å². The highest BCUT2D eigenvalue weighted by Crippen LogP contribution is 2.20. The molecule has 1 saturated heterocycles. The molecular weight excluding hydrogens is 247 g/mol. The quantitative estimate of drug-likeness (QED) is 0.810. The van der Waals surface area contributed by atoms with Gasteiger partial charge >= 0.3 is 6.18 Å². The SMILES string of the molecule is CC1CCCC(C)N1NC(=O)CNCC(F)(F)F. The van der Waals surface area contributed by atoms with Gasteiger partial charge < -0.3 is 5.32 Å². The van der Waals surface area contributed by atoms with Crippen LogP contribution in [0.4, 0.5) is 13.2 Å². The van der Waals surface area contributed by atoms with Crippen molar-refractivity contribution in [3.63, 3.8) is 0 Å². The van der Waals surface area contributed by atoms with Crippen LogP contribution < -0.4 is 10.7 Å². The van der Waals surface area contributed by atoms with Crippen molar-refractivity contribution in [3.05, 3.63) is 0 Å². The highest BCUT2D eigenvalue weighted by Gasteiger charge is 2.28. The van der Waals surface area contributed by atoms with Gasteiger partial charge in [-0.15, -0.1) is 0 Å². The molecule has 18 heavy (non-hydrogen) atoms. The van der Waals surface area contributed by atoms with E-state index < -0.39 is 18.6 Å². The monoisotopic (exact) mass is 267 g/mol. The summed E-state index contributed by atoms with van der Waals surface area (Å²) in [7, 11) is 0. The average Bonchev–Trinajstić information content (AvgIpc) is 2.22. The van der Waals surface area contributed by atoms with Crippen LogP contribution in [0.1, 0.15) is 33.1 Å². The zero-order valence-corrected chi connectivity index (χ0v) is 10.7. The predicted octanol–water partition coefficient (Wildman–Crippen LogP) is 1.43. The smallest absolute Gasteiger partial charge is 0.300 e. The summed E-state index contributed by atoms with van der Waals surface area (Å²) in [4.78, 5) is 11.5. The number of hydrogen-bond donors (Lipinski definition) is 2. The van der Waals surface area contributed by atoms with Crippen LogP contribution in [0.15, 0.2) is 0 Å². The van der Waals surface area contributed by atoms with E-state index in [1.165, 1.54) is 0 Å². The molecule has 2 atom stereocenters. The zero-order valence-electron chi connectivity index (χ0n) is 10.7. The van der Waals surface area contributed by atoms with E-state index >= 15 is 0 Å². The lowest BCUT2D eigenvalue weighted by Crippen LogP contribution is -2.55. The average molecular weight is 267 g/mol. The maximum absolute atomic E-state index is 11.9. The van der Waals surface area contributed by atoms with Crippen LogP contribution in [-0.4, -0.2) is 42.3 Å². The molecule has 1 heterocycles. The number of hydrogen-bond acceptors (Lipinski definition) is 3. The summed E-state index contributed by atoms with van der Waals surface area (Å²) in [5.74, 6) is -0.431. The van der Waals surface area contributed by atoms with Crippen LogP contribution in [0.25, 0.3) is 0 Å². The van der Waals surface area contributed by atoms with Gasteiger partial charge in [0.25, 0.3) is 0 Å². The molecule has 1 amide bonds. The summed E-state index contributed by atoms with van der Waals surface area (Å²) in [6.45, 7) is 2.53. The number of piperidine rings is 1. The number of rotatable bonds is 4. The molecular formula is C11H20F3N3O. The minimum absolute atomic E-state index is 0.223. The van der Waals surface area contributed by atoms with E-state index in [9.17, 15) is 18.0 Å². The fraction of sp³-hybridized carbons (Fsp3) is 0.909. The van der Waals surface area contributed by atoms with Gasteiger partial charge in [-0.25, -0.2) is 5.01 Å². The number of hydrazine groups is 1. The second kappa shape index (κ2) is 6.38. The summed E-state index contributed by atoms with van der Waals surface area (Å²) >= 11 is 0. The molecule has 1 rings (SSSR count). The number of carbonyl (C=O) groups is 1. The summed E-state index contributed by atoms with van der Waals surface area (Å²) in [6.07, 6.45) is -1.20. The standard InChI is InChI=1S/C11H20F3N3O/c1-8-4-3-5-9(2)17(8)16-10(18)6-15-7-11(12,13)14/h8-9,15H,3-7H2,1-2H3,(H,16,18). The van der Waals surface area contributed by atoms with Gasteiger partial charge in [0, 0.05) is 12.1 Å². The first-order chi connectivity index (χ1) is 8.29. The van der Waals surface area contributed by atoms with Crippen molar-refractivity contribution >= 4 is 5.91 Å². The number of carbonyl (C=O) groups excluding carboxylic acids is 1. The van der Waals surface area contributed by atoms with Gasteiger partial charge in [-0.05, 0) is 26.7 Å². The molecule has 0 aliphatic carbocycles. The van der Waals surface area contributed by atoms with Gasteiger partial charge in [0.05, 0.1) is 13.1 Å². The molecule has 0 radical (unpaired) electrons. The molecule has 0 bridgehead atoms. The van der Waals surface area contributed by atoms with Gasteiger partial charge in [-0.2, -0.15) is 13.2 Å². The molecule has 0 aromatic rings. The minimum atomic E-state index is -4.29. The Morgan fingerprint density at radius 2 is 1.83 bits per heavy atom. The Labute approximate surface area is 105 Å². The summed E-state index contributed by atoms with van der Waals surface area (Å²) < 4.78 is 35.7. The molecule has 1 aliphatic heterocycles. The molecule has 2 unspecified atom stereocenters. The van der Waals surface area contributed by atoms with E-state index in [1.807, 2.05) is 18.9 Å². The lowest BCUT2D eigenvalue weighted by Gasteiger charge is -2.38. The van der Waals surface area contributed by atoms with Crippen LogP contribution in [-0.2, 0) is 4.79 Å². The van der Waals surface area contributed by atoms with Gasteiger partial charge in [0.1, 0.15) is 0 Å². The third kappa shape index (κ3) is 5.22. The normalized spacial score (nSPS) is 26.1. The second-order valence-electron chi connectivity index (χ2n) is 4.79. The third-order valence-electron chi connectivity index (χ3n) is 3.06. The van der Waals surface area contributed by atoms with Gasteiger partial charge in [0.15, 0.2) is 0 Å². The molecule has 0 spiro atoms. The fourth-order valence-electron chi connectivity index (χ4n) is 2.14. The lowest BCUT2D eigenvalue weighted by atomic mass is 10.00. The number of amides is 1. The van der Waals surface area contributed by atoms with E-state index in [2.05, 4.69) is 10.7 Å². The van der Waals surface area contributed by atoms with E-state index in [0.29, 0.717) is 0 Å². The molecule has 4 nitrogen and oxygen atoms in total. The Morgan fingerprint density at radius 3 is 2.33 bits per heavy atom. The highest BCUT2D eigenvalue weighted by molar-refractivity contribution is 5.77. The van der Waals surface area contributed by atoms with E-state index in [0.717, 1.165) is 19.3 Å². The van der Waals surface area contributed by atoms with Crippen LogP contribution >= 0.6 is 0 Å². The van der Waals surface area contributed by atoms with Crippen LogP contribution in [0.3, 0.4) is 0 Å². The maximum atomic E-state index is 11.9. The molecule has 106 valence electrons. The number of nitrogens with zero attached hydrogens (tertiary/aromatic N) is 1. The first-order valence-electron chi connectivity index (χ1n) is 6.15. The van der Waals surface area contributed by atoms with Gasteiger partial charge in [-0.3, -0.25) is 10.2 Å². The number of alkyl halides is 3. The lowest BCUT2D eigenvalue weighted by molar-refractivity contribution is -0.132. The van der Waals surface area contributed by atoms with E-state index in [-0.39, 0.29) is 18.6 Å². The van der Waals surface area contributed by atoms with Gasteiger partial charge in [0.2, 0.25) is 5.91 Å². The molecule has 0 aromatic carbocycles. The van der Waals surface area contributed by atoms with Crippen molar-refractivity contribution in [3.8, 4) is 0 Å². The Hall–Kier alpha value is -0.820. The van der Waals surface area contributed by atoms with E-state index in [4.69, 9.17) is 0 Å². The Morgan fingerprint density at radius 1 is 1.28 bits per heavy atom. The largest absolute Gasteiger partial charge is 0.401 e. The Bertz CT molecular complexity index is 273. The van der Waals surface area contributed by atoms with E-state index in [1.54, 1.807) is 0 Å². The third-order valence-corrected chi connectivity index (χ3v) is 3.06. The molecule has 0 aromatic heterocycles. The fourth-order valence-corrected chi connectivity index (χ4v) is 2.14. The summed E-state index contributed by atoms with van der Waals surface area (Å²) in [6, 6.07) is 0.445. The van der Waals surface area contributed by atoms with Crippen molar-refractivity contribution in [2.45, 2.75) is 51.4 Å². The summed E-state index contributed by atoms with van der Waals surface area (Å²) in [5.41, 5.74) is 2.67. The first kappa shape index (κ1) is 15.2. The van der Waals surface area contributed by atoms with Crippen LogP contribution in [0.2, 0.25) is 0 Å². The minimum Gasteiger partial charge on any atom is -0.300 e. The number of halogens is 3. The molecule has 7 heteroatoms. The van der Waals surface area contributed by atoms with Crippen molar-refractivity contribution < 1.29 is 18.0 Å². The Kier molecular flexibility index (Phi) is 5.40. The summed E-state index contributed by atoms with van der Waals surface area (Å²) in [5, 5.41) is 3.92. The highest BCUT2D eigenvalue weighted by atomic mass is 19.4. The predicted molar refractivity (Wildman–Crippen MR) is 61.7 cm³/mol. The van der Waals surface area contributed by atoms with Crippen molar-refractivity contribution in [2.75, 3.05) is 13.1 Å². The van der Waals surface area contributed by atoms with Crippen molar-refractivity contribution in [1.29, 1.82) is 0 Å². The van der Waals surface area contributed by atoms with Crippen LogP contribution in [0.5, 0.6) is 0 Å². The zero-order chi connectivity index (χ0) is 13.8. The topological polar surface area (TPSA) is 44.4 Å². The molecule has 0 saturated carbocycles. The Balaban J connectivity index is 2.30. The van der Waals surface area contributed by atoms with Crippen molar-refractivity contribution in [2.24, 2.45) is 0 Å². The van der Waals surface area contributed by atoms with Gasteiger partial charge in [-0.1, -0.05) is 6.42 Å². The van der Waals surface area contributed by atoms with Crippen LogP contribution in [0, 0.1) is 0 Å². The molecule has 2 N–H and O–H groups in total. The maximum Gasteiger partial charge on any atom is 0.401 e. The number of nitrogens with one attached hydrogen (secondary N) is 2. The second-order valence-corrected chi connectivity index (χ2v) is 4.79. The first-order valence-corrected chi connectivity index (χ1v) is 6.15. The molecule has 1 fully saturated rings.